The molecule has 0 unspecified atom stereocenters. The first-order valence-corrected chi connectivity index (χ1v) is 9.57. The van der Waals surface area contributed by atoms with Gasteiger partial charge in [-0.15, -0.1) is 0 Å². The van der Waals surface area contributed by atoms with Crippen molar-refractivity contribution in [1.29, 1.82) is 0 Å². The van der Waals surface area contributed by atoms with Gasteiger partial charge in [-0.1, -0.05) is 59.1 Å². The Labute approximate surface area is 162 Å². The first-order valence-electron chi connectivity index (χ1n) is 8.43. The number of hydrogen-bond acceptors (Lipinski definition) is 2. The van der Waals surface area contributed by atoms with E-state index in [2.05, 4.69) is 29.6 Å². The van der Waals surface area contributed by atoms with E-state index in [0.29, 0.717) is 27.6 Å². The number of allylic oxidation sites excluding steroid dienone is 2. The molecule has 4 rings (SSSR count). The standard InChI is InChI=1S/C20H18Cl3NO/c1-2-25-12-8-6-11(7-9-12)19-14-5-3-4-13(14)17-18(23)15(21)10-16(22)20(17)24-19/h3-4,6-10,13-14,19,24H,2,5H2,1H3/t13-,14+,19-/m1/s1. The van der Waals surface area contributed by atoms with Gasteiger partial charge in [-0.2, -0.15) is 0 Å². The van der Waals surface area contributed by atoms with Crippen LogP contribution in [0.3, 0.4) is 0 Å². The van der Waals surface area contributed by atoms with Gasteiger partial charge in [0.2, 0.25) is 0 Å². The Hall–Kier alpha value is -1.35. The van der Waals surface area contributed by atoms with Gasteiger partial charge in [0.25, 0.3) is 0 Å². The van der Waals surface area contributed by atoms with E-state index in [1.165, 1.54) is 5.56 Å². The highest BCUT2D eigenvalue weighted by atomic mass is 35.5. The second-order valence-electron chi connectivity index (χ2n) is 6.42. The summed E-state index contributed by atoms with van der Waals surface area (Å²) in [6.07, 6.45) is 5.44. The van der Waals surface area contributed by atoms with E-state index in [0.717, 1.165) is 23.4 Å². The summed E-state index contributed by atoms with van der Waals surface area (Å²) in [6.45, 7) is 2.65. The Balaban J connectivity index is 1.76. The van der Waals surface area contributed by atoms with Crippen LogP contribution in [0.5, 0.6) is 5.75 Å². The summed E-state index contributed by atoms with van der Waals surface area (Å²) in [4.78, 5) is 0. The quantitative estimate of drug-likeness (QED) is 0.453. The summed E-state index contributed by atoms with van der Waals surface area (Å²) >= 11 is 19.3. The minimum atomic E-state index is 0.165. The Morgan fingerprint density at radius 1 is 1.12 bits per heavy atom. The van der Waals surface area contributed by atoms with E-state index in [1.54, 1.807) is 6.07 Å². The molecule has 0 bridgehead atoms. The van der Waals surface area contributed by atoms with E-state index >= 15 is 0 Å². The van der Waals surface area contributed by atoms with Crippen LogP contribution in [0.25, 0.3) is 0 Å². The minimum absolute atomic E-state index is 0.165. The molecule has 3 atom stereocenters. The molecule has 0 saturated heterocycles. The molecule has 0 radical (unpaired) electrons. The lowest BCUT2D eigenvalue weighted by atomic mass is 9.77. The van der Waals surface area contributed by atoms with Crippen molar-refractivity contribution >= 4 is 40.5 Å². The smallest absolute Gasteiger partial charge is 0.119 e. The fourth-order valence-electron chi connectivity index (χ4n) is 3.93. The zero-order valence-corrected chi connectivity index (χ0v) is 16.0. The normalized spacial score (nSPS) is 23.8. The van der Waals surface area contributed by atoms with Crippen LogP contribution in [0.4, 0.5) is 5.69 Å². The average Bonchev–Trinajstić information content (AvgIpc) is 3.09. The SMILES string of the molecule is CCOc1ccc([C@H]2Nc3c(Cl)cc(Cl)c(Cl)c3[C@@H]3C=CC[C@H]23)cc1. The molecule has 1 aliphatic carbocycles. The first kappa shape index (κ1) is 17.1. The third-order valence-corrected chi connectivity index (χ3v) is 6.13. The third-order valence-electron chi connectivity index (χ3n) is 5.03. The minimum Gasteiger partial charge on any atom is -0.494 e. The number of ether oxygens (including phenoxy) is 1. The molecule has 1 N–H and O–H groups in total. The Bertz CT molecular complexity index is 832. The molecule has 0 fully saturated rings. The van der Waals surface area contributed by atoms with Gasteiger partial charge in [0, 0.05) is 11.5 Å². The van der Waals surface area contributed by atoms with Crippen LogP contribution in [0.15, 0.2) is 42.5 Å². The molecule has 2 nitrogen and oxygen atoms in total. The summed E-state index contributed by atoms with van der Waals surface area (Å²) < 4.78 is 5.55. The van der Waals surface area contributed by atoms with E-state index in [1.807, 2.05) is 19.1 Å². The first-order chi connectivity index (χ1) is 12.1. The molecular formula is C20H18Cl3NO. The highest BCUT2D eigenvalue weighted by Gasteiger charge is 2.40. The molecule has 5 heteroatoms. The number of fused-ring (bicyclic) bond motifs is 3. The maximum atomic E-state index is 6.52. The molecule has 0 saturated carbocycles. The van der Waals surface area contributed by atoms with Crippen molar-refractivity contribution in [2.45, 2.75) is 25.3 Å². The van der Waals surface area contributed by atoms with Gasteiger partial charge in [-0.25, -0.2) is 0 Å². The predicted molar refractivity (Wildman–Crippen MR) is 105 cm³/mol. The molecular weight excluding hydrogens is 377 g/mol. The number of rotatable bonds is 3. The summed E-state index contributed by atoms with van der Waals surface area (Å²) in [5.74, 6) is 1.49. The van der Waals surface area contributed by atoms with Crippen LogP contribution in [0.2, 0.25) is 15.1 Å². The Morgan fingerprint density at radius 2 is 1.88 bits per heavy atom. The zero-order valence-electron chi connectivity index (χ0n) is 13.7. The Kier molecular flexibility index (Phi) is 4.61. The second-order valence-corrected chi connectivity index (χ2v) is 7.61. The van der Waals surface area contributed by atoms with Gasteiger partial charge in [-0.05, 0) is 43.0 Å². The maximum absolute atomic E-state index is 6.52. The van der Waals surface area contributed by atoms with Crippen LogP contribution < -0.4 is 10.1 Å². The summed E-state index contributed by atoms with van der Waals surface area (Å²) in [6, 6.07) is 10.2. The summed E-state index contributed by atoms with van der Waals surface area (Å²) in [5.41, 5.74) is 3.12. The molecule has 25 heavy (non-hydrogen) atoms. The van der Waals surface area contributed by atoms with Crippen LogP contribution in [-0.2, 0) is 0 Å². The summed E-state index contributed by atoms with van der Waals surface area (Å²) in [7, 11) is 0. The van der Waals surface area contributed by atoms with Crippen LogP contribution >= 0.6 is 34.8 Å². The van der Waals surface area contributed by atoms with Crippen molar-refractivity contribution in [2.75, 3.05) is 11.9 Å². The van der Waals surface area contributed by atoms with E-state index in [9.17, 15) is 0 Å². The lowest BCUT2D eigenvalue weighted by Gasteiger charge is -2.38. The highest BCUT2D eigenvalue weighted by Crippen LogP contribution is 2.55. The van der Waals surface area contributed by atoms with Crippen molar-refractivity contribution < 1.29 is 4.74 Å². The number of halogens is 3. The van der Waals surface area contributed by atoms with Gasteiger partial charge in [0.05, 0.1) is 33.4 Å². The molecule has 0 spiro atoms. The molecule has 0 amide bonds. The van der Waals surface area contributed by atoms with E-state index < -0.39 is 0 Å². The van der Waals surface area contributed by atoms with Crippen molar-refractivity contribution in [3.63, 3.8) is 0 Å². The van der Waals surface area contributed by atoms with Gasteiger partial charge in [0.1, 0.15) is 5.75 Å². The predicted octanol–water partition coefficient (Wildman–Crippen LogP) is 6.87. The number of benzene rings is 2. The van der Waals surface area contributed by atoms with Crippen molar-refractivity contribution in [3.05, 3.63) is 68.7 Å². The van der Waals surface area contributed by atoms with Crippen LogP contribution in [0.1, 0.15) is 36.4 Å². The maximum Gasteiger partial charge on any atom is 0.119 e. The number of hydrogen-bond donors (Lipinski definition) is 1. The monoisotopic (exact) mass is 393 g/mol. The third kappa shape index (κ3) is 2.91. The fourth-order valence-corrected chi connectivity index (χ4v) is 4.74. The summed E-state index contributed by atoms with van der Waals surface area (Å²) in [5, 5.41) is 5.33. The zero-order chi connectivity index (χ0) is 17.6. The van der Waals surface area contributed by atoms with Gasteiger partial charge in [0.15, 0.2) is 0 Å². The molecule has 2 aromatic carbocycles. The molecule has 1 aliphatic heterocycles. The largest absolute Gasteiger partial charge is 0.494 e. The lowest BCUT2D eigenvalue weighted by Crippen LogP contribution is -2.29. The van der Waals surface area contributed by atoms with E-state index in [-0.39, 0.29) is 12.0 Å². The van der Waals surface area contributed by atoms with Crippen LogP contribution in [-0.4, -0.2) is 6.61 Å². The van der Waals surface area contributed by atoms with E-state index in [4.69, 9.17) is 39.5 Å². The van der Waals surface area contributed by atoms with Crippen molar-refractivity contribution in [3.8, 4) is 5.75 Å². The molecule has 130 valence electrons. The van der Waals surface area contributed by atoms with Gasteiger partial charge >= 0.3 is 0 Å². The topological polar surface area (TPSA) is 21.3 Å². The second kappa shape index (κ2) is 6.75. The van der Waals surface area contributed by atoms with Gasteiger partial charge < -0.3 is 10.1 Å². The van der Waals surface area contributed by atoms with Crippen molar-refractivity contribution in [1.82, 2.24) is 0 Å². The van der Waals surface area contributed by atoms with Gasteiger partial charge in [-0.3, -0.25) is 0 Å². The average molecular weight is 395 g/mol. The molecule has 1 heterocycles. The number of nitrogens with one attached hydrogen (secondary N) is 1. The lowest BCUT2D eigenvalue weighted by molar-refractivity contribution is 0.340. The molecule has 2 aliphatic rings. The van der Waals surface area contributed by atoms with Crippen molar-refractivity contribution in [2.24, 2.45) is 5.92 Å². The Morgan fingerprint density at radius 3 is 2.60 bits per heavy atom. The fraction of sp³-hybridized carbons (Fsp3) is 0.300. The molecule has 0 aromatic heterocycles. The highest BCUT2D eigenvalue weighted by molar-refractivity contribution is 6.44. The number of anilines is 1. The molecule has 2 aromatic rings. The van der Waals surface area contributed by atoms with Crippen LogP contribution in [0, 0.1) is 5.92 Å².